The lowest BCUT2D eigenvalue weighted by Crippen LogP contribution is -2.18. The van der Waals surface area contributed by atoms with Crippen molar-refractivity contribution in [1.29, 1.82) is 0 Å². The minimum absolute atomic E-state index is 0.501. The maximum atomic E-state index is 5.68. The molecule has 94 valence electrons. The predicted octanol–water partition coefficient (Wildman–Crippen LogP) is 1.73. The van der Waals surface area contributed by atoms with Crippen molar-refractivity contribution in [3.05, 3.63) is 18.2 Å². The zero-order chi connectivity index (χ0) is 11.5. The number of nitrogens with one attached hydrogen (secondary N) is 1. The van der Waals surface area contributed by atoms with Gasteiger partial charge in [0.1, 0.15) is 0 Å². The van der Waals surface area contributed by atoms with E-state index in [1.807, 2.05) is 12.5 Å². The topological polar surface area (TPSA) is 39.1 Å². The van der Waals surface area contributed by atoms with Gasteiger partial charge in [-0.15, -0.1) is 0 Å². The van der Waals surface area contributed by atoms with Crippen LogP contribution in [0.5, 0.6) is 0 Å². The molecule has 1 saturated carbocycles. The number of hydrogen-bond donors (Lipinski definition) is 1. The van der Waals surface area contributed by atoms with E-state index in [0.717, 1.165) is 32.2 Å². The normalized spacial score (nSPS) is 24.4. The summed E-state index contributed by atoms with van der Waals surface area (Å²) < 4.78 is 7.91. The lowest BCUT2D eigenvalue weighted by atomic mass is 10.2. The molecule has 1 aromatic heterocycles. The van der Waals surface area contributed by atoms with Gasteiger partial charge in [-0.2, -0.15) is 0 Å². The van der Waals surface area contributed by atoms with Gasteiger partial charge >= 0.3 is 0 Å². The molecule has 2 aliphatic rings. The summed E-state index contributed by atoms with van der Waals surface area (Å²) in [6.45, 7) is 3.83. The van der Waals surface area contributed by atoms with Gasteiger partial charge < -0.3 is 14.6 Å². The third-order valence-electron chi connectivity index (χ3n) is 3.69. The van der Waals surface area contributed by atoms with Gasteiger partial charge in [0.25, 0.3) is 0 Å². The Hall–Kier alpha value is -0.870. The zero-order valence-electron chi connectivity index (χ0n) is 10.3. The molecule has 0 amide bonds. The Morgan fingerprint density at radius 3 is 3.12 bits per heavy atom. The number of hydrogen-bond acceptors (Lipinski definition) is 3. The molecular weight excluding hydrogens is 214 g/mol. The quantitative estimate of drug-likeness (QED) is 0.763. The average Bonchev–Trinajstić information content (AvgIpc) is 2.82. The molecule has 1 unspecified atom stereocenters. The Morgan fingerprint density at radius 2 is 2.35 bits per heavy atom. The predicted molar refractivity (Wildman–Crippen MR) is 65.7 cm³/mol. The second-order valence-corrected chi connectivity index (χ2v) is 5.18. The van der Waals surface area contributed by atoms with Crippen LogP contribution in [0.15, 0.2) is 12.5 Å². The van der Waals surface area contributed by atoms with Gasteiger partial charge in [-0.05, 0) is 38.1 Å². The standard InChI is InChI=1S/C13H21N3O/c1-2-12(15-5-1)13-8-14-10-16(13)6-7-17-9-11-3-4-11/h8,10-12,15H,1-7,9H2. The number of imidazole rings is 1. The van der Waals surface area contributed by atoms with Crippen molar-refractivity contribution in [2.75, 3.05) is 19.8 Å². The molecule has 4 heteroatoms. The summed E-state index contributed by atoms with van der Waals surface area (Å²) in [4.78, 5) is 4.26. The highest BCUT2D eigenvalue weighted by Crippen LogP contribution is 2.28. The van der Waals surface area contributed by atoms with E-state index < -0.39 is 0 Å². The first-order valence-corrected chi connectivity index (χ1v) is 6.74. The minimum Gasteiger partial charge on any atom is -0.379 e. The van der Waals surface area contributed by atoms with Gasteiger partial charge in [-0.1, -0.05) is 0 Å². The summed E-state index contributed by atoms with van der Waals surface area (Å²) in [5.41, 5.74) is 1.32. The van der Waals surface area contributed by atoms with Crippen LogP contribution in [0.25, 0.3) is 0 Å². The third kappa shape index (κ3) is 2.87. The van der Waals surface area contributed by atoms with Crippen LogP contribution in [0.3, 0.4) is 0 Å². The molecule has 1 aliphatic heterocycles. The number of aromatic nitrogens is 2. The van der Waals surface area contributed by atoms with Crippen molar-refractivity contribution in [2.24, 2.45) is 5.92 Å². The van der Waals surface area contributed by atoms with Crippen LogP contribution < -0.4 is 5.32 Å². The molecule has 17 heavy (non-hydrogen) atoms. The van der Waals surface area contributed by atoms with E-state index >= 15 is 0 Å². The van der Waals surface area contributed by atoms with Crippen LogP contribution in [-0.2, 0) is 11.3 Å². The molecule has 2 fully saturated rings. The number of ether oxygens (including phenoxy) is 1. The molecule has 1 N–H and O–H groups in total. The van der Waals surface area contributed by atoms with E-state index in [9.17, 15) is 0 Å². The molecule has 2 heterocycles. The molecule has 1 aliphatic carbocycles. The third-order valence-corrected chi connectivity index (χ3v) is 3.69. The Bertz CT molecular complexity index is 353. The Balaban J connectivity index is 1.49. The first kappa shape index (κ1) is 11.2. The van der Waals surface area contributed by atoms with Crippen LogP contribution in [0.4, 0.5) is 0 Å². The Labute approximate surface area is 102 Å². The first-order chi connectivity index (χ1) is 8.43. The van der Waals surface area contributed by atoms with Crippen LogP contribution in [-0.4, -0.2) is 29.3 Å². The number of nitrogens with zero attached hydrogens (tertiary/aromatic N) is 2. The minimum atomic E-state index is 0.501. The molecule has 0 spiro atoms. The van der Waals surface area contributed by atoms with Gasteiger partial charge in [0.05, 0.1) is 18.6 Å². The van der Waals surface area contributed by atoms with E-state index in [1.165, 1.54) is 31.4 Å². The molecular formula is C13H21N3O. The van der Waals surface area contributed by atoms with E-state index in [1.54, 1.807) is 0 Å². The van der Waals surface area contributed by atoms with Crippen molar-refractivity contribution in [1.82, 2.24) is 14.9 Å². The second kappa shape index (κ2) is 5.19. The summed E-state index contributed by atoms with van der Waals surface area (Å²) in [7, 11) is 0. The molecule has 0 bridgehead atoms. The zero-order valence-corrected chi connectivity index (χ0v) is 10.3. The Kier molecular flexibility index (Phi) is 3.43. The Morgan fingerprint density at radius 1 is 1.41 bits per heavy atom. The molecule has 1 aromatic rings. The summed E-state index contributed by atoms with van der Waals surface area (Å²) in [6.07, 6.45) is 9.15. The van der Waals surface area contributed by atoms with E-state index in [4.69, 9.17) is 4.74 Å². The lowest BCUT2D eigenvalue weighted by molar-refractivity contribution is 0.116. The summed E-state index contributed by atoms with van der Waals surface area (Å²) in [6, 6.07) is 0.501. The molecule has 3 rings (SSSR count). The van der Waals surface area contributed by atoms with Crippen molar-refractivity contribution in [2.45, 2.75) is 38.3 Å². The number of rotatable bonds is 6. The highest BCUT2D eigenvalue weighted by Gasteiger charge is 2.21. The lowest BCUT2D eigenvalue weighted by Gasteiger charge is -2.13. The maximum Gasteiger partial charge on any atom is 0.0949 e. The molecule has 0 aromatic carbocycles. The second-order valence-electron chi connectivity index (χ2n) is 5.18. The van der Waals surface area contributed by atoms with Gasteiger partial charge in [-0.3, -0.25) is 0 Å². The fourth-order valence-electron chi connectivity index (χ4n) is 2.44. The molecule has 1 atom stereocenters. The highest BCUT2D eigenvalue weighted by atomic mass is 16.5. The van der Waals surface area contributed by atoms with Gasteiger partial charge in [0.15, 0.2) is 0 Å². The summed E-state index contributed by atoms with van der Waals surface area (Å²) >= 11 is 0. The fraction of sp³-hybridized carbons (Fsp3) is 0.769. The molecule has 1 saturated heterocycles. The van der Waals surface area contributed by atoms with Crippen molar-refractivity contribution >= 4 is 0 Å². The van der Waals surface area contributed by atoms with E-state index in [-0.39, 0.29) is 0 Å². The van der Waals surface area contributed by atoms with Gasteiger partial charge in [0, 0.05) is 25.4 Å². The highest BCUT2D eigenvalue weighted by molar-refractivity contribution is 5.07. The first-order valence-electron chi connectivity index (χ1n) is 6.74. The maximum absolute atomic E-state index is 5.68. The summed E-state index contributed by atoms with van der Waals surface area (Å²) in [5.74, 6) is 0.855. The van der Waals surface area contributed by atoms with Crippen LogP contribution in [0.1, 0.15) is 37.4 Å². The molecule has 0 radical (unpaired) electrons. The SMILES string of the molecule is c1ncn(CCOCC2CC2)c1C1CCCN1. The van der Waals surface area contributed by atoms with E-state index in [0.29, 0.717) is 6.04 Å². The largest absolute Gasteiger partial charge is 0.379 e. The smallest absolute Gasteiger partial charge is 0.0949 e. The monoisotopic (exact) mass is 235 g/mol. The van der Waals surface area contributed by atoms with E-state index in [2.05, 4.69) is 14.9 Å². The van der Waals surface area contributed by atoms with Gasteiger partial charge in [0.2, 0.25) is 0 Å². The van der Waals surface area contributed by atoms with Gasteiger partial charge in [-0.25, -0.2) is 4.98 Å². The van der Waals surface area contributed by atoms with Crippen LogP contribution in [0.2, 0.25) is 0 Å². The average molecular weight is 235 g/mol. The van der Waals surface area contributed by atoms with Crippen molar-refractivity contribution < 1.29 is 4.74 Å². The van der Waals surface area contributed by atoms with Crippen LogP contribution >= 0.6 is 0 Å². The summed E-state index contributed by atoms with van der Waals surface area (Å²) in [5, 5.41) is 3.52. The van der Waals surface area contributed by atoms with Crippen molar-refractivity contribution in [3.8, 4) is 0 Å². The van der Waals surface area contributed by atoms with Crippen molar-refractivity contribution in [3.63, 3.8) is 0 Å². The fourth-order valence-corrected chi connectivity index (χ4v) is 2.44. The van der Waals surface area contributed by atoms with Crippen LogP contribution in [0, 0.1) is 5.92 Å². The molecule has 4 nitrogen and oxygen atoms in total.